The number of nitrogens with zero attached hydrogens (tertiary/aromatic N) is 2. The van der Waals surface area contributed by atoms with Crippen molar-refractivity contribution in [1.82, 2.24) is 9.80 Å². The summed E-state index contributed by atoms with van der Waals surface area (Å²) in [6, 6.07) is 22.6. The second-order valence-electron chi connectivity index (χ2n) is 8.38. The van der Waals surface area contributed by atoms with Crippen LogP contribution in [0.2, 0.25) is 0 Å². The van der Waals surface area contributed by atoms with Gasteiger partial charge in [0.05, 0.1) is 0 Å². The van der Waals surface area contributed by atoms with Gasteiger partial charge in [0, 0.05) is 50.7 Å². The highest BCUT2D eigenvalue weighted by molar-refractivity contribution is 5.85. The summed E-state index contributed by atoms with van der Waals surface area (Å²) in [5.41, 5.74) is 9.34. The van der Waals surface area contributed by atoms with Crippen molar-refractivity contribution in [3.8, 4) is 0 Å². The van der Waals surface area contributed by atoms with Gasteiger partial charge in [0.1, 0.15) is 0 Å². The highest BCUT2D eigenvalue weighted by atomic mass is 35.5. The van der Waals surface area contributed by atoms with Crippen LogP contribution >= 0.6 is 24.8 Å². The molecular formula is C24H35Cl2N3. The fourth-order valence-corrected chi connectivity index (χ4v) is 5.05. The smallest absolute Gasteiger partial charge is 0.0234 e. The van der Waals surface area contributed by atoms with E-state index in [0.717, 1.165) is 19.1 Å². The standard InChI is InChI=1S/C24H33N3.2ClH/c25-20-24(22-9-5-2-6-10-22)13-11-23(12-14-24)27-17-15-26(16-18-27)19-21-7-3-1-4-8-21;;/h1-10,23H,11-20,25H2;2*1H. The SMILES string of the molecule is Cl.Cl.NCC1(c2ccccc2)CCC(N2CCN(Cc3ccccc3)CC2)CC1. The van der Waals surface area contributed by atoms with Crippen molar-refractivity contribution < 1.29 is 0 Å². The van der Waals surface area contributed by atoms with Crippen LogP contribution in [-0.4, -0.2) is 48.6 Å². The molecule has 0 unspecified atom stereocenters. The minimum Gasteiger partial charge on any atom is -0.330 e. The van der Waals surface area contributed by atoms with E-state index in [1.54, 1.807) is 0 Å². The maximum atomic E-state index is 6.27. The Kier molecular flexibility index (Phi) is 9.45. The highest BCUT2D eigenvalue weighted by Gasteiger charge is 2.37. The summed E-state index contributed by atoms with van der Waals surface area (Å²) in [5, 5.41) is 0. The molecule has 2 N–H and O–H groups in total. The fraction of sp³-hybridized carbons (Fsp3) is 0.500. The first kappa shape index (κ1) is 24.2. The monoisotopic (exact) mass is 435 g/mol. The number of hydrogen-bond acceptors (Lipinski definition) is 3. The normalized spacial score (nSPS) is 25.6. The van der Waals surface area contributed by atoms with Crippen LogP contribution in [0.5, 0.6) is 0 Å². The first-order valence-electron chi connectivity index (χ1n) is 10.5. The predicted molar refractivity (Wildman–Crippen MR) is 127 cm³/mol. The summed E-state index contributed by atoms with van der Waals surface area (Å²) in [7, 11) is 0. The lowest BCUT2D eigenvalue weighted by Crippen LogP contribution is -2.52. The second-order valence-corrected chi connectivity index (χ2v) is 8.38. The number of halogens is 2. The molecule has 1 saturated heterocycles. The maximum absolute atomic E-state index is 6.27. The fourth-order valence-electron chi connectivity index (χ4n) is 5.05. The first-order valence-corrected chi connectivity index (χ1v) is 10.5. The van der Waals surface area contributed by atoms with E-state index in [1.807, 2.05) is 0 Å². The van der Waals surface area contributed by atoms with Gasteiger partial charge in [-0.3, -0.25) is 9.80 Å². The van der Waals surface area contributed by atoms with Gasteiger partial charge >= 0.3 is 0 Å². The molecule has 0 spiro atoms. The summed E-state index contributed by atoms with van der Waals surface area (Å²) in [6.07, 6.45) is 5.01. The topological polar surface area (TPSA) is 32.5 Å². The molecule has 1 heterocycles. The Labute approximate surface area is 188 Å². The van der Waals surface area contributed by atoms with Crippen molar-refractivity contribution in [3.05, 3.63) is 71.8 Å². The molecule has 0 bridgehead atoms. The van der Waals surface area contributed by atoms with Crippen LogP contribution in [0.3, 0.4) is 0 Å². The van der Waals surface area contributed by atoms with Crippen molar-refractivity contribution in [3.63, 3.8) is 0 Å². The molecule has 1 aliphatic heterocycles. The molecule has 1 aliphatic carbocycles. The van der Waals surface area contributed by atoms with Crippen molar-refractivity contribution in [2.45, 2.75) is 43.7 Å². The Morgan fingerprint density at radius 1 is 0.793 bits per heavy atom. The van der Waals surface area contributed by atoms with Gasteiger partial charge < -0.3 is 5.73 Å². The summed E-state index contributed by atoms with van der Waals surface area (Å²) >= 11 is 0. The van der Waals surface area contributed by atoms with Gasteiger partial charge in [-0.05, 0) is 36.8 Å². The molecule has 160 valence electrons. The van der Waals surface area contributed by atoms with Gasteiger partial charge in [0.25, 0.3) is 0 Å². The summed E-state index contributed by atoms with van der Waals surface area (Å²) < 4.78 is 0. The van der Waals surface area contributed by atoms with Crippen LogP contribution in [0, 0.1) is 0 Å². The van der Waals surface area contributed by atoms with E-state index in [2.05, 4.69) is 70.5 Å². The van der Waals surface area contributed by atoms with E-state index in [-0.39, 0.29) is 30.2 Å². The van der Waals surface area contributed by atoms with E-state index in [1.165, 1.54) is 63.0 Å². The molecule has 0 amide bonds. The van der Waals surface area contributed by atoms with Gasteiger partial charge in [-0.15, -0.1) is 24.8 Å². The molecule has 3 nitrogen and oxygen atoms in total. The van der Waals surface area contributed by atoms with Crippen LogP contribution < -0.4 is 5.73 Å². The third-order valence-corrected chi connectivity index (χ3v) is 6.86. The zero-order valence-electron chi connectivity index (χ0n) is 17.2. The summed E-state index contributed by atoms with van der Waals surface area (Å²) in [5.74, 6) is 0. The van der Waals surface area contributed by atoms with Gasteiger partial charge in [0.15, 0.2) is 0 Å². The van der Waals surface area contributed by atoms with E-state index in [0.29, 0.717) is 0 Å². The van der Waals surface area contributed by atoms with Crippen molar-refractivity contribution in [1.29, 1.82) is 0 Å². The third kappa shape index (κ3) is 5.74. The van der Waals surface area contributed by atoms with Gasteiger partial charge in [0.2, 0.25) is 0 Å². The molecule has 0 atom stereocenters. The summed E-state index contributed by atoms with van der Waals surface area (Å²) in [4.78, 5) is 5.34. The zero-order chi connectivity index (χ0) is 18.5. The zero-order valence-corrected chi connectivity index (χ0v) is 18.8. The minimum absolute atomic E-state index is 0. The predicted octanol–water partition coefficient (Wildman–Crippen LogP) is 4.49. The average molecular weight is 436 g/mol. The molecule has 0 aromatic heterocycles. The molecule has 5 heteroatoms. The lowest BCUT2D eigenvalue weighted by atomic mass is 9.68. The first-order chi connectivity index (χ1) is 13.3. The Balaban J connectivity index is 0.00000150. The Hall–Kier alpha value is -1.10. The molecule has 29 heavy (non-hydrogen) atoms. The lowest BCUT2D eigenvalue weighted by Gasteiger charge is -2.46. The van der Waals surface area contributed by atoms with Crippen LogP contribution in [0.1, 0.15) is 36.8 Å². The molecule has 4 rings (SSSR count). The van der Waals surface area contributed by atoms with Crippen molar-refractivity contribution in [2.75, 3.05) is 32.7 Å². The Morgan fingerprint density at radius 2 is 1.34 bits per heavy atom. The molecule has 2 aromatic carbocycles. The van der Waals surface area contributed by atoms with E-state index in [4.69, 9.17) is 5.73 Å². The minimum atomic E-state index is 0. The Bertz CT molecular complexity index is 695. The maximum Gasteiger partial charge on any atom is 0.0234 e. The van der Waals surface area contributed by atoms with Gasteiger partial charge in [-0.25, -0.2) is 0 Å². The van der Waals surface area contributed by atoms with Crippen molar-refractivity contribution in [2.24, 2.45) is 5.73 Å². The molecule has 2 aliphatic rings. The van der Waals surface area contributed by atoms with Gasteiger partial charge in [-0.1, -0.05) is 60.7 Å². The Morgan fingerprint density at radius 3 is 1.90 bits per heavy atom. The van der Waals surface area contributed by atoms with E-state index < -0.39 is 0 Å². The second kappa shape index (κ2) is 11.3. The molecule has 0 radical (unpaired) electrons. The van der Waals surface area contributed by atoms with E-state index in [9.17, 15) is 0 Å². The molecular weight excluding hydrogens is 401 g/mol. The number of piperazine rings is 1. The largest absolute Gasteiger partial charge is 0.330 e. The number of hydrogen-bond donors (Lipinski definition) is 1. The number of benzene rings is 2. The molecule has 2 fully saturated rings. The quantitative estimate of drug-likeness (QED) is 0.750. The van der Waals surface area contributed by atoms with Gasteiger partial charge in [-0.2, -0.15) is 0 Å². The number of nitrogens with two attached hydrogens (primary N) is 1. The van der Waals surface area contributed by atoms with E-state index >= 15 is 0 Å². The number of rotatable bonds is 5. The van der Waals surface area contributed by atoms with Crippen molar-refractivity contribution >= 4 is 24.8 Å². The average Bonchev–Trinajstić information content (AvgIpc) is 2.76. The molecule has 1 saturated carbocycles. The van der Waals surface area contributed by atoms with Crippen LogP contribution in [0.25, 0.3) is 0 Å². The van der Waals surface area contributed by atoms with Crippen LogP contribution in [0.15, 0.2) is 60.7 Å². The third-order valence-electron chi connectivity index (χ3n) is 6.86. The summed E-state index contributed by atoms with van der Waals surface area (Å²) in [6.45, 7) is 6.65. The molecule has 2 aromatic rings. The van der Waals surface area contributed by atoms with Crippen LogP contribution in [0.4, 0.5) is 0 Å². The lowest BCUT2D eigenvalue weighted by molar-refractivity contribution is 0.0629. The van der Waals surface area contributed by atoms with Crippen LogP contribution in [-0.2, 0) is 12.0 Å². The highest BCUT2D eigenvalue weighted by Crippen LogP contribution is 2.40.